The summed E-state index contributed by atoms with van der Waals surface area (Å²) in [5.41, 5.74) is 0.755. The van der Waals surface area contributed by atoms with Crippen molar-refractivity contribution in [2.45, 2.75) is 11.3 Å². The highest BCUT2D eigenvalue weighted by atomic mass is 35.5. The number of nitrogens with zero attached hydrogens (tertiary/aromatic N) is 4. The van der Waals surface area contributed by atoms with Gasteiger partial charge in [0.25, 0.3) is 15.9 Å². The molecule has 1 fully saturated rings. The molecule has 0 spiro atoms. The Morgan fingerprint density at radius 1 is 1.05 bits per heavy atom. The van der Waals surface area contributed by atoms with Crippen LogP contribution in [0, 0.1) is 11.6 Å². The van der Waals surface area contributed by atoms with Crippen LogP contribution in [-0.2, 0) is 14.8 Å². The molecular formula is C28H29ClF2N4O4S2. The lowest BCUT2D eigenvalue weighted by Gasteiger charge is -2.27. The Balaban J connectivity index is 0.00000387. The Labute approximate surface area is 247 Å². The maximum atomic E-state index is 14.4. The number of ether oxygens (including phenoxy) is 1. The standard InChI is InChI=1S/C28H28F2N4O4S2.ClH/c1-32(22-6-3-2-4-7-22)40(36,37)23-10-8-20(9-11-23)27(35)34(13-5-12-33-14-16-38-17-15-33)28-31-26-24(30)18-21(29)19-25(26)39-28;/h2-4,6-11,18-19H,5,12-17H2,1H3;1H. The SMILES string of the molecule is CN(c1ccccc1)S(=O)(=O)c1ccc(C(=O)N(CCCN2CCOCC2)c2nc3c(F)cc(F)cc3s2)cc1.Cl. The first-order valence-corrected chi connectivity index (χ1v) is 15.0. The van der Waals surface area contributed by atoms with Gasteiger partial charge in [0.2, 0.25) is 0 Å². The maximum absolute atomic E-state index is 14.4. The summed E-state index contributed by atoms with van der Waals surface area (Å²) >= 11 is 1.03. The number of benzene rings is 3. The van der Waals surface area contributed by atoms with Crippen LogP contribution in [0.2, 0.25) is 0 Å². The monoisotopic (exact) mass is 622 g/mol. The van der Waals surface area contributed by atoms with Gasteiger partial charge in [-0.15, -0.1) is 12.4 Å². The number of amides is 1. The average molecular weight is 623 g/mol. The van der Waals surface area contributed by atoms with Crippen LogP contribution >= 0.6 is 23.7 Å². The number of halogens is 3. The summed E-state index contributed by atoms with van der Waals surface area (Å²) in [5.74, 6) is -1.93. The Kier molecular flexibility index (Phi) is 9.92. The van der Waals surface area contributed by atoms with Crippen LogP contribution in [0.3, 0.4) is 0 Å². The fourth-order valence-electron chi connectivity index (χ4n) is 4.48. The summed E-state index contributed by atoms with van der Waals surface area (Å²) in [7, 11) is -2.39. The highest BCUT2D eigenvalue weighted by molar-refractivity contribution is 7.92. The zero-order chi connectivity index (χ0) is 28.3. The lowest BCUT2D eigenvalue weighted by Crippen LogP contribution is -2.39. The molecule has 1 aromatic heterocycles. The number of carbonyl (C=O) groups is 1. The largest absolute Gasteiger partial charge is 0.379 e. The van der Waals surface area contributed by atoms with E-state index in [1.54, 1.807) is 30.3 Å². The Hall–Kier alpha value is -3.16. The molecule has 1 aliphatic heterocycles. The second-order valence-corrected chi connectivity index (χ2v) is 12.3. The van der Waals surface area contributed by atoms with E-state index in [9.17, 15) is 22.0 Å². The molecule has 5 rings (SSSR count). The van der Waals surface area contributed by atoms with E-state index in [4.69, 9.17) is 4.74 Å². The van der Waals surface area contributed by atoms with Gasteiger partial charge in [0, 0.05) is 44.9 Å². The summed E-state index contributed by atoms with van der Waals surface area (Å²) < 4.78 is 61.4. The average Bonchev–Trinajstić information content (AvgIpc) is 3.40. The summed E-state index contributed by atoms with van der Waals surface area (Å²) in [6.45, 7) is 3.92. The lowest BCUT2D eigenvalue weighted by atomic mass is 10.2. The number of thiazole rings is 1. The molecular weight excluding hydrogens is 594 g/mol. The Morgan fingerprint density at radius 3 is 2.41 bits per heavy atom. The van der Waals surface area contributed by atoms with Crippen molar-refractivity contribution in [2.75, 3.05) is 55.6 Å². The van der Waals surface area contributed by atoms with Gasteiger partial charge in [-0.1, -0.05) is 29.5 Å². The van der Waals surface area contributed by atoms with Crippen molar-refractivity contribution in [3.05, 3.63) is 83.9 Å². The third-order valence-electron chi connectivity index (χ3n) is 6.72. The molecule has 218 valence electrons. The van der Waals surface area contributed by atoms with Gasteiger partial charge in [-0.05, 0) is 48.9 Å². The van der Waals surface area contributed by atoms with Crippen molar-refractivity contribution in [1.82, 2.24) is 9.88 Å². The number of carbonyl (C=O) groups excluding carboxylic acids is 1. The minimum atomic E-state index is -3.85. The molecule has 0 atom stereocenters. The van der Waals surface area contributed by atoms with E-state index in [1.165, 1.54) is 46.6 Å². The van der Waals surface area contributed by atoms with E-state index < -0.39 is 27.6 Å². The molecule has 0 bridgehead atoms. The number of para-hydroxylation sites is 1. The summed E-state index contributed by atoms with van der Waals surface area (Å²) in [5, 5.41) is 0.243. The Bertz CT molecular complexity index is 1600. The van der Waals surface area contributed by atoms with E-state index in [0.717, 1.165) is 37.0 Å². The van der Waals surface area contributed by atoms with E-state index in [1.807, 2.05) is 0 Å². The number of fused-ring (bicyclic) bond motifs is 1. The number of anilines is 2. The number of sulfonamides is 1. The van der Waals surface area contributed by atoms with E-state index >= 15 is 0 Å². The van der Waals surface area contributed by atoms with Gasteiger partial charge in [-0.2, -0.15) is 0 Å². The molecule has 1 saturated heterocycles. The second kappa shape index (κ2) is 13.2. The van der Waals surface area contributed by atoms with Crippen LogP contribution in [0.25, 0.3) is 10.2 Å². The first kappa shape index (κ1) is 30.8. The normalized spacial score (nSPS) is 14.0. The third-order valence-corrected chi connectivity index (χ3v) is 9.54. The number of hydrogen-bond acceptors (Lipinski definition) is 7. The lowest BCUT2D eigenvalue weighted by molar-refractivity contribution is 0.0376. The number of morpholine rings is 1. The molecule has 0 unspecified atom stereocenters. The minimum absolute atomic E-state index is 0. The van der Waals surface area contributed by atoms with Gasteiger partial charge in [-0.3, -0.25) is 18.9 Å². The van der Waals surface area contributed by atoms with Crippen molar-refractivity contribution >= 4 is 60.7 Å². The van der Waals surface area contributed by atoms with Crippen molar-refractivity contribution in [3.8, 4) is 0 Å². The van der Waals surface area contributed by atoms with E-state index in [-0.39, 0.29) is 40.1 Å². The Morgan fingerprint density at radius 2 is 1.73 bits per heavy atom. The van der Waals surface area contributed by atoms with Crippen molar-refractivity contribution < 1.29 is 26.7 Å². The second-order valence-electron chi connectivity index (χ2n) is 9.33. The molecule has 0 saturated carbocycles. The predicted molar refractivity (Wildman–Crippen MR) is 159 cm³/mol. The van der Waals surface area contributed by atoms with Crippen LogP contribution in [0.5, 0.6) is 0 Å². The summed E-state index contributed by atoms with van der Waals surface area (Å²) in [6, 6.07) is 16.3. The number of hydrogen-bond donors (Lipinski definition) is 0. The first-order valence-electron chi connectivity index (χ1n) is 12.8. The molecule has 41 heavy (non-hydrogen) atoms. The third kappa shape index (κ3) is 6.84. The first-order chi connectivity index (χ1) is 19.2. The van der Waals surface area contributed by atoms with Gasteiger partial charge in [0.15, 0.2) is 10.9 Å². The molecule has 13 heteroatoms. The smallest absolute Gasteiger partial charge is 0.264 e. The zero-order valence-electron chi connectivity index (χ0n) is 22.2. The molecule has 8 nitrogen and oxygen atoms in total. The summed E-state index contributed by atoms with van der Waals surface area (Å²) in [6.07, 6.45) is 0.618. The fraction of sp³-hybridized carbons (Fsp3) is 0.286. The molecule has 0 radical (unpaired) electrons. The van der Waals surface area contributed by atoms with Gasteiger partial charge >= 0.3 is 0 Å². The van der Waals surface area contributed by atoms with Crippen LogP contribution in [0.4, 0.5) is 19.6 Å². The molecule has 4 aromatic rings. The van der Waals surface area contributed by atoms with Crippen LogP contribution in [0.1, 0.15) is 16.8 Å². The maximum Gasteiger partial charge on any atom is 0.264 e. The zero-order valence-corrected chi connectivity index (χ0v) is 24.7. The van der Waals surface area contributed by atoms with Crippen molar-refractivity contribution in [2.24, 2.45) is 0 Å². The van der Waals surface area contributed by atoms with Gasteiger partial charge in [0.1, 0.15) is 11.3 Å². The molecule has 0 aliphatic carbocycles. The number of aromatic nitrogens is 1. The summed E-state index contributed by atoms with van der Waals surface area (Å²) in [4.78, 5) is 21.7. The topological polar surface area (TPSA) is 83.1 Å². The number of rotatable bonds is 9. The molecule has 2 heterocycles. The van der Waals surface area contributed by atoms with Crippen LogP contribution in [0.15, 0.2) is 71.6 Å². The minimum Gasteiger partial charge on any atom is -0.379 e. The van der Waals surface area contributed by atoms with Crippen molar-refractivity contribution in [3.63, 3.8) is 0 Å². The molecule has 3 aromatic carbocycles. The molecule has 1 amide bonds. The van der Waals surface area contributed by atoms with Crippen LogP contribution in [-0.4, -0.2) is 70.6 Å². The molecule has 1 aliphatic rings. The fourth-order valence-corrected chi connectivity index (χ4v) is 6.71. The van der Waals surface area contributed by atoms with Crippen LogP contribution < -0.4 is 9.21 Å². The van der Waals surface area contributed by atoms with Gasteiger partial charge in [0.05, 0.1) is 28.5 Å². The quantitative estimate of drug-likeness (QED) is 0.256. The van der Waals surface area contributed by atoms with E-state index in [0.29, 0.717) is 30.0 Å². The van der Waals surface area contributed by atoms with Crippen molar-refractivity contribution in [1.29, 1.82) is 0 Å². The molecule has 0 N–H and O–H groups in total. The van der Waals surface area contributed by atoms with Gasteiger partial charge in [-0.25, -0.2) is 22.2 Å². The van der Waals surface area contributed by atoms with E-state index in [2.05, 4.69) is 9.88 Å². The van der Waals surface area contributed by atoms with Gasteiger partial charge < -0.3 is 4.74 Å². The highest BCUT2D eigenvalue weighted by Gasteiger charge is 2.25. The highest BCUT2D eigenvalue weighted by Crippen LogP contribution is 2.32. The predicted octanol–water partition coefficient (Wildman–Crippen LogP) is 5.19.